The van der Waals surface area contributed by atoms with E-state index in [1.807, 2.05) is 13.8 Å². The highest BCUT2D eigenvalue weighted by molar-refractivity contribution is 7.93. The molecule has 0 saturated carbocycles. The van der Waals surface area contributed by atoms with Gasteiger partial charge < -0.3 is 0 Å². The van der Waals surface area contributed by atoms with Gasteiger partial charge in [-0.05, 0) is 32.1 Å². The second-order valence-electron chi connectivity index (χ2n) is 4.56. The van der Waals surface area contributed by atoms with E-state index in [2.05, 4.69) is 13.8 Å². The van der Waals surface area contributed by atoms with Crippen molar-refractivity contribution in [3.63, 3.8) is 0 Å². The van der Waals surface area contributed by atoms with Crippen LogP contribution in [0, 0.1) is 11.8 Å². The second kappa shape index (κ2) is 2.72. The van der Waals surface area contributed by atoms with Crippen molar-refractivity contribution in [2.24, 2.45) is 11.8 Å². The van der Waals surface area contributed by atoms with Crippen LogP contribution in [0.2, 0.25) is 0 Å². The minimum atomic E-state index is -2.82. The first kappa shape index (κ1) is 10.0. The van der Waals surface area contributed by atoms with Gasteiger partial charge in [-0.15, -0.1) is 0 Å². The summed E-state index contributed by atoms with van der Waals surface area (Å²) in [6, 6.07) is 0. The Bertz CT molecular complexity index is 262. The first-order chi connectivity index (χ1) is 5.29. The fraction of sp³-hybridized carbons (Fsp3) is 1.00. The normalized spacial score (nSPS) is 32.6. The minimum absolute atomic E-state index is 0.336. The van der Waals surface area contributed by atoms with Gasteiger partial charge in [0, 0.05) is 0 Å². The quantitative estimate of drug-likeness (QED) is 0.632. The van der Waals surface area contributed by atoms with Crippen LogP contribution >= 0.6 is 0 Å². The van der Waals surface area contributed by atoms with Crippen molar-refractivity contribution in [1.82, 2.24) is 0 Å². The van der Waals surface area contributed by atoms with Crippen molar-refractivity contribution in [2.45, 2.75) is 38.9 Å². The fourth-order valence-electron chi connectivity index (χ4n) is 2.26. The molecule has 0 bridgehead atoms. The summed E-state index contributed by atoms with van der Waals surface area (Å²) in [4.78, 5) is 0. The maximum atomic E-state index is 11.6. The molecule has 0 aromatic carbocycles. The summed E-state index contributed by atoms with van der Waals surface area (Å²) >= 11 is 0. The number of hydrogen-bond acceptors (Lipinski definition) is 2. The number of hydrogen-bond donors (Lipinski definition) is 0. The van der Waals surface area contributed by atoms with Gasteiger partial charge in [0.05, 0.1) is 10.5 Å². The van der Waals surface area contributed by atoms with E-state index in [0.717, 1.165) is 6.42 Å². The average Bonchev–Trinajstić information content (AvgIpc) is 2.03. The lowest BCUT2D eigenvalue weighted by molar-refractivity contribution is 0.319. The summed E-state index contributed by atoms with van der Waals surface area (Å²) < 4.78 is 22.7. The molecule has 1 saturated heterocycles. The summed E-state index contributed by atoms with van der Waals surface area (Å²) in [5.41, 5.74) is 0. The maximum Gasteiger partial charge on any atom is 0.155 e. The van der Waals surface area contributed by atoms with Gasteiger partial charge in [-0.25, -0.2) is 8.42 Å². The van der Waals surface area contributed by atoms with Gasteiger partial charge in [-0.1, -0.05) is 13.8 Å². The van der Waals surface area contributed by atoms with Crippen LogP contribution in [-0.4, -0.2) is 18.9 Å². The molecule has 2 nitrogen and oxygen atoms in total. The Labute approximate surface area is 75.3 Å². The van der Waals surface area contributed by atoms with E-state index in [1.54, 1.807) is 0 Å². The van der Waals surface area contributed by atoms with Crippen LogP contribution in [0.15, 0.2) is 0 Å². The lowest BCUT2D eigenvalue weighted by Gasteiger charge is -2.28. The molecule has 1 unspecified atom stereocenters. The Morgan fingerprint density at radius 1 is 1.33 bits per heavy atom. The molecule has 0 aliphatic carbocycles. The van der Waals surface area contributed by atoms with E-state index in [9.17, 15) is 8.42 Å². The first-order valence-corrected chi connectivity index (χ1v) is 6.16. The van der Waals surface area contributed by atoms with E-state index >= 15 is 0 Å². The standard InChI is InChI=1S/C9H18O2S/c1-7(2)8-5-6-12(10,11)9(8,3)4/h7-8H,5-6H2,1-4H3. The molecule has 1 aliphatic heterocycles. The predicted molar refractivity (Wildman–Crippen MR) is 50.8 cm³/mol. The molecule has 0 N–H and O–H groups in total. The summed E-state index contributed by atoms with van der Waals surface area (Å²) in [6.07, 6.45) is 0.840. The molecular weight excluding hydrogens is 172 g/mol. The van der Waals surface area contributed by atoms with Gasteiger partial charge >= 0.3 is 0 Å². The highest BCUT2D eigenvalue weighted by Crippen LogP contribution is 2.41. The lowest BCUT2D eigenvalue weighted by atomic mass is 9.83. The highest BCUT2D eigenvalue weighted by Gasteiger charge is 2.48. The zero-order valence-electron chi connectivity index (χ0n) is 8.29. The molecule has 72 valence electrons. The zero-order valence-corrected chi connectivity index (χ0v) is 9.11. The van der Waals surface area contributed by atoms with E-state index < -0.39 is 14.6 Å². The van der Waals surface area contributed by atoms with Crippen LogP contribution in [0.1, 0.15) is 34.1 Å². The number of sulfone groups is 1. The fourth-order valence-corrected chi connectivity index (χ4v) is 4.20. The van der Waals surface area contributed by atoms with Crippen molar-refractivity contribution in [1.29, 1.82) is 0 Å². The Hall–Kier alpha value is -0.0500. The van der Waals surface area contributed by atoms with Crippen molar-refractivity contribution < 1.29 is 8.42 Å². The molecule has 1 heterocycles. The summed E-state index contributed by atoms with van der Waals surface area (Å²) in [6.45, 7) is 7.93. The van der Waals surface area contributed by atoms with Crippen LogP contribution in [0.5, 0.6) is 0 Å². The third kappa shape index (κ3) is 1.28. The molecule has 0 aromatic heterocycles. The second-order valence-corrected chi connectivity index (χ2v) is 7.25. The van der Waals surface area contributed by atoms with Gasteiger partial charge in [0.1, 0.15) is 0 Å². The molecule has 0 aromatic rings. The molecule has 1 rings (SSSR count). The molecule has 0 spiro atoms. The third-order valence-electron chi connectivity index (χ3n) is 3.20. The molecule has 12 heavy (non-hydrogen) atoms. The molecule has 3 heteroatoms. The van der Waals surface area contributed by atoms with Crippen LogP contribution < -0.4 is 0 Å². The van der Waals surface area contributed by atoms with Crippen LogP contribution in [0.3, 0.4) is 0 Å². The Morgan fingerprint density at radius 2 is 1.83 bits per heavy atom. The maximum absolute atomic E-state index is 11.6. The smallest absolute Gasteiger partial charge is 0.155 e. The molecule has 1 fully saturated rings. The molecule has 0 amide bonds. The Kier molecular flexibility index (Phi) is 2.28. The van der Waals surface area contributed by atoms with Crippen molar-refractivity contribution >= 4 is 9.84 Å². The van der Waals surface area contributed by atoms with Gasteiger partial charge in [-0.3, -0.25) is 0 Å². The van der Waals surface area contributed by atoms with Crippen molar-refractivity contribution in [3.05, 3.63) is 0 Å². The Balaban J connectivity index is 3.01. The average molecular weight is 190 g/mol. The van der Waals surface area contributed by atoms with Crippen LogP contribution in [0.25, 0.3) is 0 Å². The van der Waals surface area contributed by atoms with E-state index in [-0.39, 0.29) is 0 Å². The molecule has 0 radical (unpaired) electrons. The SMILES string of the molecule is CC(C)C1CCS(=O)(=O)C1(C)C. The van der Waals surface area contributed by atoms with Gasteiger partial charge in [0.25, 0.3) is 0 Å². The number of rotatable bonds is 1. The van der Waals surface area contributed by atoms with E-state index in [1.165, 1.54) is 0 Å². The Morgan fingerprint density at radius 3 is 2.00 bits per heavy atom. The lowest BCUT2D eigenvalue weighted by Crippen LogP contribution is -2.35. The molecule has 1 aliphatic rings. The first-order valence-electron chi connectivity index (χ1n) is 4.51. The van der Waals surface area contributed by atoms with Crippen LogP contribution in [0.4, 0.5) is 0 Å². The minimum Gasteiger partial charge on any atom is -0.228 e. The zero-order chi connectivity index (χ0) is 9.57. The monoisotopic (exact) mass is 190 g/mol. The van der Waals surface area contributed by atoms with Gasteiger partial charge in [0.15, 0.2) is 9.84 Å². The topological polar surface area (TPSA) is 34.1 Å². The highest BCUT2D eigenvalue weighted by atomic mass is 32.2. The van der Waals surface area contributed by atoms with Crippen molar-refractivity contribution in [3.8, 4) is 0 Å². The van der Waals surface area contributed by atoms with Crippen molar-refractivity contribution in [2.75, 3.05) is 5.75 Å². The van der Waals surface area contributed by atoms with Crippen LogP contribution in [-0.2, 0) is 9.84 Å². The molecular formula is C9H18O2S. The van der Waals surface area contributed by atoms with E-state index in [0.29, 0.717) is 17.6 Å². The summed E-state index contributed by atoms with van der Waals surface area (Å²) in [7, 11) is -2.82. The largest absolute Gasteiger partial charge is 0.228 e. The van der Waals surface area contributed by atoms with E-state index in [4.69, 9.17) is 0 Å². The van der Waals surface area contributed by atoms with Gasteiger partial charge in [-0.2, -0.15) is 0 Å². The molecule has 1 atom stereocenters. The third-order valence-corrected chi connectivity index (χ3v) is 5.88. The summed E-state index contributed by atoms with van der Waals surface area (Å²) in [5.74, 6) is 1.18. The summed E-state index contributed by atoms with van der Waals surface area (Å²) in [5, 5.41) is 0. The van der Waals surface area contributed by atoms with Gasteiger partial charge in [0.2, 0.25) is 0 Å². The predicted octanol–water partition coefficient (Wildman–Crippen LogP) is 1.86.